The van der Waals surface area contributed by atoms with Gasteiger partial charge in [-0.05, 0) is 31.0 Å². The highest BCUT2D eigenvalue weighted by Crippen LogP contribution is 2.29. The Labute approximate surface area is 116 Å². The molecule has 1 aromatic rings. The molecule has 0 radical (unpaired) electrons. The monoisotopic (exact) mass is 282 g/mol. The van der Waals surface area contributed by atoms with Crippen molar-refractivity contribution in [3.05, 3.63) is 28.8 Å². The van der Waals surface area contributed by atoms with Crippen LogP contribution in [0.5, 0.6) is 0 Å². The standard InChI is InChI=1S/C13H15ClN2O3/c14-10-4-1-8(7-11(10)15)13(19)16(9-2-3-9)6-5-12(17)18/h1,4,7,9H,2-3,5-6,15H2,(H,17,18). The fourth-order valence-corrected chi connectivity index (χ4v) is 2.01. The molecule has 19 heavy (non-hydrogen) atoms. The summed E-state index contributed by atoms with van der Waals surface area (Å²) in [5.74, 6) is -1.10. The second-order valence-electron chi connectivity index (χ2n) is 4.61. The molecule has 0 saturated heterocycles. The van der Waals surface area contributed by atoms with Gasteiger partial charge in [0.25, 0.3) is 5.91 Å². The van der Waals surface area contributed by atoms with Gasteiger partial charge >= 0.3 is 5.97 Å². The van der Waals surface area contributed by atoms with Gasteiger partial charge in [0, 0.05) is 18.2 Å². The van der Waals surface area contributed by atoms with Crippen LogP contribution in [0.4, 0.5) is 5.69 Å². The Kier molecular flexibility index (Phi) is 3.95. The van der Waals surface area contributed by atoms with Gasteiger partial charge in [0.15, 0.2) is 0 Å². The summed E-state index contributed by atoms with van der Waals surface area (Å²) in [7, 11) is 0. The van der Waals surface area contributed by atoms with E-state index in [0.29, 0.717) is 16.3 Å². The maximum absolute atomic E-state index is 12.3. The van der Waals surface area contributed by atoms with E-state index in [1.165, 1.54) is 6.07 Å². The van der Waals surface area contributed by atoms with Crippen LogP contribution in [0.1, 0.15) is 29.6 Å². The molecule has 0 unspecified atom stereocenters. The zero-order chi connectivity index (χ0) is 14.0. The van der Waals surface area contributed by atoms with Gasteiger partial charge in [0.2, 0.25) is 0 Å². The number of amides is 1. The molecule has 102 valence electrons. The lowest BCUT2D eigenvalue weighted by atomic mass is 10.1. The number of hydrogen-bond donors (Lipinski definition) is 2. The molecule has 5 nitrogen and oxygen atoms in total. The van der Waals surface area contributed by atoms with Gasteiger partial charge in [-0.25, -0.2) is 0 Å². The average molecular weight is 283 g/mol. The molecule has 1 aromatic carbocycles. The Morgan fingerprint density at radius 2 is 2.11 bits per heavy atom. The highest BCUT2D eigenvalue weighted by atomic mass is 35.5. The number of halogens is 1. The van der Waals surface area contributed by atoms with Crippen LogP contribution in [0.2, 0.25) is 5.02 Å². The number of carboxylic acids is 1. The Hall–Kier alpha value is -1.75. The van der Waals surface area contributed by atoms with Crippen molar-refractivity contribution in [3.63, 3.8) is 0 Å². The van der Waals surface area contributed by atoms with E-state index in [4.69, 9.17) is 22.4 Å². The summed E-state index contributed by atoms with van der Waals surface area (Å²) >= 11 is 5.81. The first-order valence-electron chi connectivity index (χ1n) is 6.07. The van der Waals surface area contributed by atoms with Crippen LogP contribution in [-0.4, -0.2) is 34.5 Å². The molecule has 1 amide bonds. The number of aliphatic carboxylic acids is 1. The van der Waals surface area contributed by atoms with Gasteiger partial charge < -0.3 is 15.7 Å². The molecule has 0 bridgehead atoms. The van der Waals surface area contributed by atoms with Crippen LogP contribution in [-0.2, 0) is 4.79 Å². The summed E-state index contributed by atoms with van der Waals surface area (Å²) in [5.41, 5.74) is 6.47. The van der Waals surface area contributed by atoms with E-state index in [1.807, 2.05) is 0 Å². The lowest BCUT2D eigenvalue weighted by Crippen LogP contribution is -2.35. The molecule has 2 rings (SSSR count). The normalized spacial score (nSPS) is 14.2. The summed E-state index contributed by atoms with van der Waals surface area (Å²) < 4.78 is 0. The largest absolute Gasteiger partial charge is 0.481 e. The van der Waals surface area contributed by atoms with Gasteiger partial charge in [0.05, 0.1) is 17.1 Å². The van der Waals surface area contributed by atoms with E-state index in [-0.39, 0.29) is 24.9 Å². The van der Waals surface area contributed by atoms with Crippen molar-refractivity contribution in [2.75, 3.05) is 12.3 Å². The van der Waals surface area contributed by atoms with E-state index in [9.17, 15) is 9.59 Å². The second-order valence-corrected chi connectivity index (χ2v) is 5.02. The van der Waals surface area contributed by atoms with Crippen molar-refractivity contribution in [2.24, 2.45) is 0 Å². The summed E-state index contributed by atoms with van der Waals surface area (Å²) in [6, 6.07) is 4.87. The third-order valence-corrected chi connectivity index (χ3v) is 3.40. The molecule has 1 aliphatic rings. The van der Waals surface area contributed by atoms with Gasteiger partial charge in [-0.2, -0.15) is 0 Å². The first-order chi connectivity index (χ1) is 8.99. The molecule has 0 aliphatic heterocycles. The minimum Gasteiger partial charge on any atom is -0.481 e. The van der Waals surface area contributed by atoms with Crippen LogP contribution in [0, 0.1) is 0 Å². The number of anilines is 1. The first kappa shape index (κ1) is 13.7. The summed E-state index contributed by atoms with van der Waals surface area (Å²) in [5, 5.41) is 9.12. The molecule has 0 atom stereocenters. The molecular weight excluding hydrogens is 268 g/mol. The Morgan fingerprint density at radius 1 is 1.42 bits per heavy atom. The van der Waals surface area contributed by atoms with Gasteiger partial charge in [-0.15, -0.1) is 0 Å². The van der Waals surface area contributed by atoms with Crippen molar-refractivity contribution in [2.45, 2.75) is 25.3 Å². The minimum absolute atomic E-state index is 0.0503. The molecule has 6 heteroatoms. The van der Waals surface area contributed by atoms with Crippen molar-refractivity contribution in [3.8, 4) is 0 Å². The van der Waals surface area contributed by atoms with Crippen molar-refractivity contribution < 1.29 is 14.7 Å². The number of carboxylic acid groups (broad SMARTS) is 1. The lowest BCUT2D eigenvalue weighted by Gasteiger charge is -2.22. The number of nitrogens with zero attached hydrogens (tertiary/aromatic N) is 1. The Morgan fingerprint density at radius 3 is 2.63 bits per heavy atom. The molecule has 1 saturated carbocycles. The average Bonchev–Trinajstić information content (AvgIpc) is 3.16. The summed E-state index contributed by atoms with van der Waals surface area (Å²) in [6.45, 7) is 0.224. The smallest absolute Gasteiger partial charge is 0.305 e. The van der Waals surface area contributed by atoms with Crippen LogP contribution in [0.3, 0.4) is 0 Å². The van der Waals surface area contributed by atoms with Crippen molar-refractivity contribution >= 4 is 29.2 Å². The number of carbonyl (C=O) groups excluding carboxylic acids is 1. The minimum atomic E-state index is -0.908. The molecule has 0 spiro atoms. The summed E-state index contributed by atoms with van der Waals surface area (Å²) in [4.78, 5) is 24.6. The zero-order valence-corrected chi connectivity index (χ0v) is 11.1. The summed E-state index contributed by atoms with van der Waals surface area (Å²) in [6.07, 6.45) is 1.80. The molecule has 1 fully saturated rings. The molecular formula is C13H15ClN2O3. The van der Waals surface area contributed by atoms with E-state index >= 15 is 0 Å². The maximum atomic E-state index is 12.3. The van der Waals surface area contributed by atoms with Crippen molar-refractivity contribution in [1.82, 2.24) is 4.90 Å². The zero-order valence-electron chi connectivity index (χ0n) is 10.3. The molecule has 1 aliphatic carbocycles. The second kappa shape index (κ2) is 5.48. The number of carbonyl (C=O) groups is 2. The number of nitrogen functional groups attached to an aromatic ring is 1. The molecule has 3 N–H and O–H groups in total. The number of hydrogen-bond acceptors (Lipinski definition) is 3. The first-order valence-corrected chi connectivity index (χ1v) is 6.44. The Balaban J connectivity index is 2.14. The predicted molar refractivity (Wildman–Crippen MR) is 72.2 cm³/mol. The van der Waals surface area contributed by atoms with Crippen LogP contribution >= 0.6 is 11.6 Å². The van der Waals surface area contributed by atoms with E-state index < -0.39 is 5.97 Å². The van der Waals surface area contributed by atoms with Crippen molar-refractivity contribution in [1.29, 1.82) is 0 Å². The van der Waals surface area contributed by atoms with Gasteiger partial charge in [-0.1, -0.05) is 11.6 Å². The van der Waals surface area contributed by atoms with Gasteiger partial charge in [-0.3, -0.25) is 9.59 Å². The Bertz CT molecular complexity index is 515. The third kappa shape index (κ3) is 3.38. The number of nitrogens with two attached hydrogens (primary N) is 1. The third-order valence-electron chi connectivity index (χ3n) is 3.06. The quantitative estimate of drug-likeness (QED) is 0.809. The predicted octanol–water partition coefficient (Wildman–Crippen LogP) is 2.00. The number of rotatable bonds is 5. The number of benzene rings is 1. The fourth-order valence-electron chi connectivity index (χ4n) is 1.89. The van der Waals surface area contributed by atoms with Gasteiger partial charge in [0.1, 0.15) is 0 Å². The maximum Gasteiger partial charge on any atom is 0.305 e. The van der Waals surface area contributed by atoms with E-state index in [1.54, 1.807) is 17.0 Å². The SMILES string of the molecule is Nc1cc(C(=O)N(CCC(=O)O)C2CC2)ccc1Cl. The van der Waals surface area contributed by atoms with E-state index in [0.717, 1.165) is 12.8 Å². The highest BCUT2D eigenvalue weighted by molar-refractivity contribution is 6.33. The molecule has 0 aromatic heterocycles. The van der Waals surface area contributed by atoms with Crippen LogP contribution < -0.4 is 5.73 Å². The van der Waals surface area contributed by atoms with Crippen LogP contribution in [0.15, 0.2) is 18.2 Å². The van der Waals surface area contributed by atoms with E-state index in [2.05, 4.69) is 0 Å². The lowest BCUT2D eigenvalue weighted by molar-refractivity contribution is -0.137. The highest BCUT2D eigenvalue weighted by Gasteiger charge is 2.33. The van der Waals surface area contributed by atoms with Crippen LogP contribution in [0.25, 0.3) is 0 Å². The topological polar surface area (TPSA) is 83.6 Å². The fraction of sp³-hybridized carbons (Fsp3) is 0.385. The molecule has 0 heterocycles.